The number of nitrogens with one attached hydrogen (secondary N) is 1. The van der Waals surface area contributed by atoms with Crippen molar-refractivity contribution in [2.45, 2.75) is 51.9 Å². The zero-order valence-electron chi connectivity index (χ0n) is 17.8. The average molecular weight is 398 g/mol. The second kappa shape index (κ2) is 8.52. The summed E-state index contributed by atoms with van der Waals surface area (Å²) >= 11 is 0. The maximum absolute atomic E-state index is 13.1. The van der Waals surface area contributed by atoms with Crippen LogP contribution < -0.4 is 5.32 Å². The molecule has 0 aromatic heterocycles. The molecule has 29 heavy (non-hydrogen) atoms. The van der Waals surface area contributed by atoms with Crippen LogP contribution in [0.15, 0.2) is 11.6 Å². The first-order chi connectivity index (χ1) is 14.0. The van der Waals surface area contributed by atoms with Crippen LogP contribution in [0.3, 0.4) is 0 Å². The van der Waals surface area contributed by atoms with Gasteiger partial charge in [0.15, 0.2) is 0 Å². The fourth-order valence-electron chi connectivity index (χ4n) is 6.78. The van der Waals surface area contributed by atoms with Crippen molar-refractivity contribution in [3.63, 3.8) is 0 Å². The Balaban J connectivity index is 1.34. The van der Waals surface area contributed by atoms with E-state index >= 15 is 0 Å². The molecule has 0 aromatic carbocycles. The standard InChI is InChI=1S/C24H35N3O2/c1-3-5-25-22(28)17-26-6-4-7-27(9-8-26)23(29)10-18(2)24-14-19-11-20(15-24)13-21(12-19)16-24/h1,10,19-21H,4-9,11-17H2,2H3,(H,25,28). The SMILES string of the molecule is C#CCNC(=O)CN1CCCN(C(=O)C=C(C)C23CC4CC(CC(C4)C2)C3)CC1. The summed E-state index contributed by atoms with van der Waals surface area (Å²) in [5, 5.41) is 2.72. The van der Waals surface area contributed by atoms with Crippen LogP contribution in [-0.2, 0) is 9.59 Å². The molecule has 0 atom stereocenters. The van der Waals surface area contributed by atoms with Crippen LogP contribution in [0.1, 0.15) is 51.9 Å². The number of carbonyl (C=O) groups excluding carboxylic acids is 2. The van der Waals surface area contributed by atoms with Crippen molar-refractivity contribution >= 4 is 11.8 Å². The lowest BCUT2D eigenvalue weighted by atomic mass is 9.48. The molecule has 4 bridgehead atoms. The average Bonchev–Trinajstić information content (AvgIpc) is 2.91. The minimum Gasteiger partial charge on any atom is -0.344 e. The summed E-state index contributed by atoms with van der Waals surface area (Å²) in [5.74, 6) is 5.23. The van der Waals surface area contributed by atoms with Gasteiger partial charge in [-0.15, -0.1) is 6.42 Å². The number of terminal acetylenes is 1. The molecular weight excluding hydrogens is 362 g/mol. The van der Waals surface area contributed by atoms with E-state index in [1.807, 2.05) is 11.0 Å². The molecule has 0 unspecified atom stereocenters. The topological polar surface area (TPSA) is 52.7 Å². The molecular formula is C24H35N3O2. The van der Waals surface area contributed by atoms with Gasteiger partial charge in [0.05, 0.1) is 13.1 Å². The summed E-state index contributed by atoms with van der Waals surface area (Å²) in [6.07, 6.45) is 16.2. The second-order valence-corrected chi connectivity index (χ2v) is 9.96. The number of hydrogen-bond acceptors (Lipinski definition) is 3. The minimum atomic E-state index is -0.0414. The Morgan fingerprint density at radius 2 is 1.72 bits per heavy atom. The second-order valence-electron chi connectivity index (χ2n) is 9.96. The fraction of sp³-hybridized carbons (Fsp3) is 0.750. The first kappa shape index (κ1) is 20.5. The van der Waals surface area contributed by atoms with Gasteiger partial charge in [-0.1, -0.05) is 11.5 Å². The minimum absolute atomic E-state index is 0.0414. The third kappa shape index (κ3) is 4.53. The molecule has 0 spiro atoms. The van der Waals surface area contributed by atoms with Gasteiger partial charge >= 0.3 is 0 Å². The Labute approximate surface area is 175 Å². The van der Waals surface area contributed by atoms with Gasteiger partial charge in [0.2, 0.25) is 11.8 Å². The largest absolute Gasteiger partial charge is 0.344 e. The number of amides is 2. The van der Waals surface area contributed by atoms with Crippen molar-refractivity contribution in [1.82, 2.24) is 15.1 Å². The van der Waals surface area contributed by atoms with E-state index in [4.69, 9.17) is 6.42 Å². The third-order valence-corrected chi connectivity index (χ3v) is 7.87. The monoisotopic (exact) mass is 397 g/mol. The molecule has 4 aliphatic carbocycles. The van der Waals surface area contributed by atoms with Crippen molar-refractivity contribution in [3.05, 3.63) is 11.6 Å². The van der Waals surface area contributed by atoms with Crippen molar-refractivity contribution < 1.29 is 9.59 Å². The van der Waals surface area contributed by atoms with Gasteiger partial charge < -0.3 is 10.2 Å². The number of hydrogen-bond donors (Lipinski definition) is 1. The van der Waals surface area contributed by atoms with E-state index in [2.05, 4.69) is 23.1 Å². The van der Waals surface area contributed by atoms with Gasteiger partial charge in [0.25, 0.3) is 0 Å². The van der Waals surface area contributed by atoms with Crippen molar-refractivity contribution in [3.8, 4) is 12.3 Å². The molecule has 5 aliphatic rings. The summed E-state index contributed by atoms with van der Waals surface area (Å²) in [6, 6.07) is 0. The highest BCUT2D eigenvalue weighted by Crippen LogP contribution is 2.62. The first-order valence-electron chi connectivity index (χ1n) is 11.4. The van der Waals surface area contributed by atoms with Gasteiger partial charge in [-0.25, -0.2) is 0 Å². The number of rotatable bonds is 5. The van der Waals surface area contributed by atoms with E-state index in [-0.39, 0.29) is 18.4 Å². The molecule has 0 radical (unpaired) electrons. The molecule has 1 N–H and O–H groups in total. The molecule has 1 heterocycles. The molecule has 5 nitrogen and oxygen atoms in total. The molecule has 5 rings (SSSR count). The summed E-state index contributed by atoms with van der Waals surface area (Å²) in [5.41, 5.74) is 1.63. The van der Waals surface area contributed by atoms with E-state index in [9.17, 15) is 9.59 Å². The lowest BCUT2D eigenvalue weighted by Gasteiger charge is -2.57. The van der Waals surface area contributed by atoms with E-state index < -0.39 is 0 Å². The maximum Gasteiger partial charge on any atom is 0.246 e. The van der Waals surface area contributed by atoms with E-state index in [1.165, 1.54) is 44.1 Å². The van der Waals surface area contributed by atoms with Crippen LogP contribution in [0.5, 0.6) is 0 Å². The van der Waals surface area contributed by atoms with Crippen LogP contribution in [0, 0.1) is 35.5 Å². The van der Waals surface area contributed by atoms with Gasteiger partial charge in [-0.05, 0) is 75.0 Å². The Hall–Kier alpha value is -1.80. The molecule has 1 saturated heterocycles. The molecule has 0 aromatic rings. The highest BCUT2D eigenvalue weighted by Gasteiger charge is 2.51. The summed E-state index contributed by atoms with van der Waals surface area (Å²) < 4.78 is 0. The lowest BCUT2D eigenvalue weighted by Crippen LogP contribution is -2.47. The van der Waals surface area contributed by atoms with Crippen molar-refractivity contribution in [2.24, 2.45) is 23.2 Å². The Bertz CT molecular complexity index is 685. The number of allylic oxidation sites excluding steroid dienone is 1. The normalized spacial score (nSPS) is 34.6. The Morgan fingerprint density at radius 3 is 2.34 bits per heavy atom. The molecule has 4 saturated carbocycles. The zero-order valence-corrected chi connectivity index (χ0v) is 17.8. The van der Waals surface area contributed by atoms with Crippen LogP contribution in [0.25, 0.3) is 0 Å². The number of carbonyl (C=O) groups is 2. The Kier molecular flexibility index (Phi) is 6.01. The molecule has 1 aliphatic heterocycles. The summed E-state index contributed by atoms with van der Waals surface area (Å²) in [6.45, 7) is 5.87. The highest BCUT2D eigenvalue weighted by molar-refractivity contribution is 5.88. The molecule has 2 amide bonds. The van der Waals surface area contributed by atoms with Crippen LogP contribution in [0.2, 0.25) is 0 Å². The van der Waals surface area contributed by atoms with E-state index in [0.29, 0.717) is 18.5 Å². The highest BCUT2D eigenvalue weighted by atomic mass is 16.2. The van der Waals surface area contributed by atoms with Gasteiger partial charge in [-0.3, -0.25) is 14.5 Å². The summed E-state index contributed by atoms with van der Waals surface area (Å²) in [7, 11) is 0. The molecule has 158 valence electrons. The molecule has 5 heteroatoms. The lowest BCUT2D eigenvalue weighted by molar-refractivity contribution is -0.126. The predicted molar refractivity (Wildman–Crippen MR) is 114 cm³/mol. The predicted octanol–water partition coefficient (Wildman–Crippen LogP) is 2.43. The van der Waals surface area contributed by atoms with Crippen LogP contribution >= 0.6 is 0 Å². The van der Waals surface area contributed by atoms with E-state index in [1.54, 1.807) is 0 Å². The van der Waals surface area contributed by atoms with Gasteiger partial charge in [0, 0.05) is 32.3 Å². The maximum atomic E-state index is 13.1. The number of nitrogens with zero attached hydrogens (tertiary/aromatic N) is 2. The van der Waals surface area contributed by atoms with Gasteiger partial charge in [-0.2, -0.15) is 0 Å². The summed E-state index contributed by atoms with van der Waals surface area (Å²) in [4.78, 5) is 29.1. The van der Waals surface area contributed by atoms with Gasteiger partial charge in [0.1, 0.15) is 0 Å². The van der Waals surface area contributed by atoms with Crippen LogP contribution in [0.4, 0.5) is 0 Å². The van der Waals surface area contributed by atoms with Crippen molar-refractivity contribution in [2.75, 3.05) is 39.3 Å². The smallest absolute Gasteiger partial charge is 0.246 e. The third-order valence-electron chi connectivity index (χ3n) is 7.87. The quantitative estimate of drug-likeness (QED) is 0.573. The fourth-order valence-corrected chi connectivity index (χ4v) is 6.78. The van der Waals surface area contributed by atoms with Crippen molar-refractivity contribution in [1.29, 1.82) is 0 Å². The molecule has 5 fully saturated rings. The first-order valence-corrected chi connectivity index (χ1v) is 11.4. The Morgan fingerprint density at radius 1 is 1.07 bits per heavy atom. The zero-order chi connectivity index (χ0) is 20.4. The van der Waals surface area contributed by atoms with E-state index in [0.717, 1.165) is 43.8 Å². The van der Waals surface area contributed by atoms with Crippen LogP contribution in [-0.4, -0.2) is 60.9 Å².